The lowest BCUT2D eigenvalue weighted by Gasteiger charge is -2.29. The van der Waals surface area contributed by atoms with Gasteiger partial charge in [-0.15, -0.1) is 0 Å². The molecule has 180 valence electrons. The van der Waals surface area contributed by atoms with Gasteiger partial charge in [-0.25, -0.2) is 9.97 Å². The van der Waals surface area contributed by atoms with E-state index in [1.807, 2.05) is 30.3 Å². The van der Waals surface area contributed by atoms with Crippen molar-refractivity contribution in [2.75, 3.05) is 33.5 Å². The van der Waals surface area contributed by atoms with Crippen molar-refractivity contribution in [1.82, 2.24) is 24.3 Å². The maximum atomic E-state index is 11.4. The number of piperidine rings is 1. The van der Waals surface area contributed by atoms with Gasteiger partial charge in [-0.05, 0) is 32.0 Å². The van der Waals surface area contributed by atoms with E-state index in [2.05, 4.69) is 45.3 Å². The van der Waals surface area contributed by atoms with Crippen molar-refractivity contribution < 1.29 is 14.4 Å². The van der Waals surface area contributed by atoms with Gasteiger partial charge in [0.2, 0.25) is 6.41 Å². The number of imidazole rings is 1. The Hall–Kier alpha value is -2.80. The number of carbonyl (C=O) groups excluding carboxylic acids is 1. The van der Waals surface area contributed by atoms with Crippen LogP contribution in [0.25, 0.3) is 27.9 Å². The summed E-state index contributed by atoms with van der Waals surface area (Å²) in [7, 11) is 1.15. The van der Waals surface area contributed by atoms with E-state index in [0.717, 1.165) is 66.0 Å². The summed E-state index contributed by atoms with van der Waals surface area (Å²) < 4.78 is 7.71. The Morgan fingerprint density at radius 1 is 1.26 bits per heavy atom. The molecule has 0 spiro atoms. The van der Waals surface area contributed by atoms with Gasteiger partial charge in [0.25, 0.3) is 0 Å². The Kier molecular flexibility index (Phi) is 7.93. The van der Waals surface area contributed by atoms with Crippen LogP contribution in [0.1, 0.15) is 37.9 Å². The lowest BCUT2D eigenvalue weighted by Crippen LogP contribution is -2.33. The molecule has 1 aliphatic heterocycles. The number of amides is 1. The molecule has 1 aromatic carbocycles. The fourth-order valence-electron chi connectivity index (χ4n) is 4.32. The number of rotatable bonds is 6. The van der Waals surface area contributed by atoms with Crippen LogP contribution in [0.2, 0.25) is 0 Å². The first-order valence-corrected chi connectivity index (χ1v) is 13.3. The number of benzene rings is 1. The number of H-pyrrole nitrogens is 1. The number of aliphatic hydroxyl groups is 1. The molecule has 4 aromatic rings. The van der Waals surface area contributed by atoms with Crippen molar-refractivity contribution in [3.05, 3.63) is 48.5 Å². The van der Waals surface area contributed by atoms with Crippen LogP contribution in [0, 0.1) is 0 Å². The van der Waals surface area contributed by atoms with E-state index in [1.165, 1.54) is 5.30 Å². The largest absolute Gasteiger partial charge is 0.396 e. The molecule has 0 radical (unpaired) electrons. The van der Waals surface area contributed by atoms with Gasteiger partial charge in [-0.2, -0.15) is 0 Å². The lowest BCUT2D eigenvalue weighted by molar-refractivity contribution is -0.119. The highest BCUT2D eigenvalue weighted by atomic mass is 31.1. The summed E-state index contributed by atoms with van der Waals surface area (Å²) in [6, 6.07) is 10.5. The molecule has 0 bridgehead atoms. The average molecular weight is 482 g/mol. The first-order chi connectivity index (χ1) is 16.6. The standard InChI is InChI=1S/C22H24N5O2P.C3H8O/c1-29-30(2)17-7-5-15(6-8-17)20-19-12-24-21-18(9-10-23-21)27(19)22(25-20)16-4-3-11-26(13-16)14-28;1-2-3-4/h5-10,12,14,16,23H,3-4,11,13H2,1-2H3;4H,2-3H2,1H3. The van der Waals surface area contributed by atoms with Crippen LogP contribution >= 0.6 is 8.15 Å². The summed E-state index contributed by atoms with van der Waals surface area (Å²) in [4.78, 5) is 26.2. The Labute approximate surface area is 200 Å². The molecule has 2 unspecified atom stereocenters. The molecular weight excluding hydrogens is 449 g/mol. The molecule has 0 aliphatic carbocycles. The molecule has 2 N–H and O–H groups in total. The molecule has 2 atom stereocenters. The molecule has 0 saturated carbocycles. The highest BCUT2D eigenvalue weighted by Crippen LogP contribution is 2.35. The molecule has 1 saturated heterocycles. The number of aromatic nitrogens is 4. The summed E-state index contributed by atoms with van der Waals surface area (Å²) in [6.07, 6.45) is 7.63. The van der Waals surface area contributed by atoms with E-state index >= 15 is 0 Å². The zero-order valence-electron chi connectivity index (χ0n) is 19.9. The minimum absolute atomic E-state index is 0.196. The van der Waals surface area contributed by atoms with E-state index in [0.29, 0.717) is 13.2 Å². The second kappa shape index (κ2) is 11.1. The fourth-order valence-corrected chi connectivity index (χ4v) is 5.10. The maximum Gasteiger partial charge on any atom is 0.209 e. The average Bonchev–Trinajstić information content (AvgIpc) is 3.53. The summed E-state index contributed by atoms with van der Waals surface area (Å²) in [5.74, 6) is 1.19. The first-order valence-electron chi connectivity index (χ1n) is 11.6. The summed E-state index contributed by atoms with van der Waals surface area (Å²) >= 11 is 0. The second-order valence-corrected chi connectivity index (χ2v) is 10.3. The quantitative estimate of drug-likeness (QED) is 0.322. The second-order valence-electron chi connectivity index (χ2n) is 8.40. The smallest absolute Gasteiger partial charge is 0.209 e. The molecule has 34 heavy (non-hydrogen) atoms. The molecule has 3 aromatic heterocycles. The number of hydrogen-bond acceptors (Lipinski definition) is 5. The highest BCUT2D eigenvalue weighted by Gasteiger charge is 2.27. The molecule has 5 rings (SSSR count). The Balaban J connectivity index is 0.000000636. The van der Waals surface area contributed by atoms with Crippen molar-refractivity contribution >= 4 is 36.5 Å². The number of carbonyl (C=O) groups is 1. The summed E-state index contributed by atoms with van der Waals surface area (Å²) in [5.41, 5.74) is 4.81. The van der Waals surface area contributed by atoms with Crippen molar-refractivity contribution in [1.29, 1.82) is 0 Å². The van der Waals surface area contributed by atoms with Crippen molar-refractivity contribution in [3.8, 4) is 11.3 Å². The number of nitrogens with zero attached hydrogens (tertiary/aromatic N) is 4. The van der Waals surface area contributed by atoms with Crippen molar-refractivity contribution in [3.63, 3.8) is 0 Å². The minimum atomic E-state index is -0.599. The lowest BCUT2D eigenvalue weighted by atomic mass is 9.97. The molecule has 9 heteroatoms. The number of aliphatic hydroxyl groups excluding tert-OH is 1. The van der Waals surface area contributed by atoms with E-state index in [9.17, 15) is 4.79 Å². The molecule has 1 aliphatic rings. The number of aromatic amines is 1. The monoisotopic (exact) mass is 481 g/mol. The predicted molar refractivity (Wildman–Crippen MR) is 137 cm³/mol. The third kappa shape index (κ3) is 4.85. The molecule has 1 amide bonds. The van der Waals surface area contributed by atoms with Crippen LogP contribution in [0.3, 0.4) is 0 Å². The molecule has 1 fully saturated rings. The van der Waals surface area contributed by atoms with Crippen LogP contribution in [0.5, 0.6) is 0 Å². The molecule has 4 heterocycles. The van der Waals surface area contributed by atoms with Crippen molar-refractivity contribution in [2.24, 2.45) is 0 Å². The van der Waals surface area contributed by atoms with Crippen LogP contribution in [-0.4, -0.2) is 69.2 Å². The number of hydrogen-bond donors (Lipinski definition) is 2. The number of fused-ring (bicyclic) bond motifs is 3. The highest BCUT2D eigenvalue weighted by molar-refractivity contribution is 7.60. The van der Waals surface area contributed by atoms with Gasteiger partial charge in [-0.3, -0.25) is 9.20 Å². The van der Waals surface area contributed by atoms with Crippen LogP contribution in [0.4, 0.5) is 0 Å². The van der Waals surface area contributed by atoms with E-state index < -0.39 is 8.15 Å². The van der Waals surface area contributed by atoms with E-state index in [-0.39, 0.29) is 5.92 Å². The summed E-state index contributed by atoms with van der Waals surface area (Å²) in [6.45, 7) is 5.87. The topological polar surface area (TPSA) is 95.8 Å². The number of likely N-dealkylation sites (tertiary alicyclic amines) is 1. The zero-order valence-corrected chi connectivity index (χ0v) is 20.8. The third-order valence-electron chi connectivity index (χ3n) is 6.17. The SMILES string of the molecule is CCCO.COP(C)c1ccc(-c2nc(C3CCCN(C=O)C3)n3c2cnc2[nH]ccc23)cc1. The van der Waals surface area contributed by atoms with Gasteiger partial charge < -0.3 is 19.5 Å². The molecular formula is C25H32N5O3P. The third-order valence-corrected chi connectivity index (χ3v) is 7.74. The first kappa shape index (κ1) is 24.3. The predicted octanol–water partition coefficient (Wildman–Crippen LogP) is 3.90. The van der Waals surface area contributed by atoms with Crippen LogP contribution in [-0.2, 0) is 9.32 Å². The minimum Gasteiger partial charge on any atom is -0.396 e. The molecule has 8 nitrogen and oxygen atoms in total. The van der Waals surface area contributed by atoms with Gasteiger partial charge >= 0.3 is 0 Å². The van der Waals surface area contributed by atoms with Gasteiger partial charge in [0.05, 0.1) is 31.1 Å². The Bertz CT molecular complexity index is 1230. The maximum absolute atomic E-state index is 11.4. The van der Waals surface area contributed by atoms with Crippen LogP contribution in [0.15, 0.2) is 42.7 Å². The summed E-state index contributed by atoms with van der Waals surface area (Å²) in [5, 5.41) is 9.07. The van der Waals surface area contributed by atoms with Crippen molar-refractivity contribution in [2.45, 2.75) is 32.1 Å². The van der Waals surface area contributed by atoms with Gasteiger partial charge in [0, 0.05) is 49.8 Å². The van der Waals surface area contributed by atoms with E-state index in [1.54, 1.807) is 7.11 Å². The van der Waals surface area contributed by atoms with E-state index in [4.69, 9.17) is 14.6 Å². The van der Waals surface area contributed by atoms with Gasteiger partial charge in [0.1, 0.15) is 5.82 Å². The van der Waals surface area contributed by atoms with Crippen LogP contribution < -0.4 is 5.30 Å². The zero-order chi connectivity index (χ0) is 24.1. The Morgan fingerprint density at radius 3 is 2.71 bits per heavy atom. The fraction of sp³-hybridized carbons (Fsp3) is 0.400. The Morgan fingerprint density at radius 2 is 2.03 bits per heavy atom. The van der Waals surface area contributed by atoms with Gasteiger partial charge in [0.15, 0.2) is 5.65 Å². The van der Waals surface area contributed by atoms with Gasteiger partial charge in [-0.1, -0.05) is 31.2 Å². The number of nitrogens with one attached hydrogen (secondary N) is 1. The normalized spacial score (nSPS) is 16.9.